The number of carbonyl (C=O) groups is 1. The minimum atomic E-state index is -4.14. The normalized spacial score (nSPS) is 13.8. The molecule has 11 nitrogen and oxygen atoms in total. The smallest absolute Gasteiger partial charge is 0.289 e. The summed E-state index contributed by atoms with van der Waals surface area (Å²) < 4.78 is 38.7. The molecule has 204 valence electrons. The van der Waals surface area contributed by atoms with Gasteiger partial charge in [0.05, 0.1) is 22.7 Å². The number of nitro groups is 1. The van der Waals surface area contributed by atoms with Crippen LogP contribution in [0.1, 0.15) is 16.0 Å². The van der Waals surface area contributed by atoms with E-state index in [1.54, 1.807) is 24.3 Å². The predicted octanol–water partition coefficient (Wildman–Crippen LogP) is 4.69. The Morgan fingerprint density at radius 1 is 1.12 bits per heavy atom. The number of hydrogen-bond acceptors (Lipinski definition) is 9. The van der Waals surface area contributed by atoms with E-state index in [0.717, 1.165) is 21.6 Å². The van der Waals surface area contributed by atoms with Crippen LogP contribution in [0.15, 0.2) is 65.6 Å². The Balaban J connectivity index is 1.21. The number of hydrogen-bond donors (Lipinski definition) is 1. The Morgan fingerprint density at radius 2 is 1.93 bits per heavy atom. The number of para-hydroxylation sites is 1. The zero-order valence-electron chi connectivity index (χ0n) is 21.1. The van der Waals surface area contributed by atoms with Gasteiger partial charge >= 0.3 is 0 Å². The Morgan fingerprint density at radius 3 is 2.75 bits per heavy atom. The molecule has 13 heteroatoms. The Labute approximate surface area is 233 Å². The van der Waals surface area contributed by atoms with E-state index in [4.69, 9.17) is 9.47 Å². The fraction of sp³-hybridized carbons (Fsp3) is 0.185. The summed E-state index contributed by atoms with van der Waals surface area (Å²) in [5, 5.41) is 14.8. The Bertz CT molecular complexity index is 1790. The second-order valence-corrected chi connectivity index (χ2v) is 12.3. The Kier molecular flexibility index (Phi) is 6.39. The van der Waals surface area contributed by atoms with Crippen molar-refractivity contribution in [3.05, 3.63) is 86.8 Å². The molecule has 1 N–H and O–H groups in total. The zero-order valence-corrected chi connectivity index (χ0v) is 22.8. The molecule has 0 bridgehead atoms. The van der Waals surface area contributed by atoms with E-state index in [-0.39, 0.29) is 30.6 Å². The number of carbonyl (C=O) groups excluding carboxylic acids is 1. The minimum Gasteiger partial charge on any atom is -0.454 e. The maximum Gasteiger partial charge on any atom is 0.289 e. The molecule has 4 aromatic rings. The highest BCUT2D eigenvalue weighted by Gasteiger charge is 2.35. The molecule has 0 saturated heterocycles. The van der Waals surface area contributed by atoms with Gasteiger partial charge in [0, 0.05) is 23.1 Å². The zero-order chi connectivity index (χ0) is 28.0. The molecule has 0 aliphatic carbocycles. The number of amides is 1. The monoisotopic (exact) mass is 578 g/mol. The number of nitrogens with zero attached hydrogens (tertiary/aromatic N) is 3. The van der Waals surface area contributed by atoms with E-state index in [9.17, 15) is 23.3 Å². The number of thiazole rings is 1. The molecule has 0 unspecified atom stereocenters. The largest absolute Gasteiger partial charge is 0.454 e. The highest BCUT2D eigenvalue weighted by atomic mass is 32.2. The number of aryl methyl sites for hydroxylation is 1. The second-order valence-electron chi connectivity index (χ2n) is 9.23. The SMILES string of the molecule is Cc1sc(NC(=O)Cc2ccc3c(c2)OCO3)nc1-c1ccc2c(c1)CCN2S(=O)(=O)c1ccccc1[N+](=O)[O-]. The van der Waals surface area contributed by atoms with Gasteiger partial charge in [-0.05, 0) is 54.8 Å². The standard InChI is InChI=1S/C27H22N4O7S2/c1-16-26(29-27(39-16)28-25(32)13-17-6-9-22-23(12-17)38-15-37-22)19-7-8-20-18(14-19)10-11-30(20)40(35,36)24-5-3-2-4-21(24)31(33)34/h2-9,12,14H,10-11,13,15H2,1H3,(H,28,29,32). The second kappa shape index (κ2) is 9.92. The molecular formula is C27H22N4O7S2. The lowest BCUT2D eigenvalue weighted by Crippen LogP contribution is -2.29. The number of aromatic nitrogens is 1. The lowest BCUT2D eigenvalue weighted by atomic mass is 10.1. The summed E-state index contributed by atoms with van der Waals surface area (Å²) in [6.07, 6.45) is 0.596. The average Bonchev–Trinajstić information content (AvgIpc) is 3.66. The van der Waals surface area contributed by atoms with Crippen LogP contribution in [0.4, 0.5) is 16.5 Å². The van der Waals surface area contributed by atoms with Crippen molar-refractivity contribution in [2.75, 3.05) is 23.0 Å². The molecule has 3 aromatic carbocycles. The van der Waals surface area contributed by atoms with Gasteiger partial charge in [-0.3, -0.25) is 19.2 Å². The van der Waals surface area contributed by atoms with Crippen molar-refractivity contribution in [3.8, 4) is 22.8 Å². The maximum absolute atomic E-state index is 13.4. The molecule has 1 aromatic heterocycles. The molecular weight excluding hydrogens is 556 g/mol. The van der Waals surface area contributed by atoms with Crippen molar-refractivity contribution in [3.63, 3.8) is 0 Å². The number of ether oxygens (including phenoxy) is 2. The van der Waals surface area contributed by atoms with E-state index in [1.807, 2.05) is 19.1 Å². The number of nitro benzene ring substituents is 1. The van der Waals surface area contributed by atoms with Crippen LogP contribution in [0.5, 0.6) is 11.5 Å². The third-order valence-corrected chi connectivity index (χ3v) is 9.43. The highest BCUT2D eigenvalue weighted by Crippen LogP contribution is 2.39. The summed E-state index contributed by atoms with van der Waals surface area (Å²) in [6, 6.07) is 16.1. The topological polar surface area (TPSA) is 141 Å². The molecule has 2 aliphatic heterocycles. The number of rotatable bonds is 7. The van der Waals surface area contributed by atoms with Crippen LogP contribution in [0.2, 0.25) is 0 Å². The fourth-order valence-corrected chi connectivity index (χ4v) is 7.35. The van der Waals surface area contributed by atoms with Gasteiger partial charge in [0.2, 0.25) is 12.7 Å². The van der Waals surface area contributed by atoms with Crippen LogP contribution in [0.3, 0.4) is 0 Å². The molecule has 1 amide bonds. The van der Waals surface area contributed by atoms with E-state index < -0.39 is 20.6 Å². The van der Waals surface area contributed by atoms with E-state index in [1.165, 1.54) is 39.9 Å². The molecule has 0 fully saturated rings. The summed E-state index contributed by atoms with van der Waals surface area (Å²) in [6.45, 7) is 2.24. The first kappa shape index (κ1) is 25.8. The molecule has 0 radical (unpaired) electrons. The van der Waals surface area contributed by atoms with Crippen LogP contribution in [-0.2, 0) is 27.7 Å². The molecule has 40 heavy (non-hydrogen) atoms. The van der Waals surface area contributed by atoms with Crippen molar-refractivity contribution in [2.45, 2.75) is 24.7 Å². The van der Waals surface area contributed by atoms with Gasteiger partial charge < -0.3 is 14.8 Å². The molecule has 0 saturated carbocycles. The lowest BCUT2D eigenvalue weighted by Gasteiger charge is -2.19. The Hall–Kier alpha value is -4.49. The van der Waals surface area contributed by atoms with Crippen molar-refractivity contribution < 1.29 is 27.6 Å². The first-order valence-corrected chi connectivity index (χ1v) is 14.5. The van der Waals surface area contributed by atoms with Crippen molar-refractivity contribution in [1.29, 1.82) is 0 Å². The summed E-state index contributed by atoms with van der Waals surface area (Å²) in [7, 11) is -4.14. The van der Waals surface area contributed by atoms with E-state index >= 15 is 0 Å². The molecule has 6 rings (SSSR count). The molecule has 3 heterocycles. The van der Waals surface area contributed by atoms with Gasteiger partial charge in [-0.1, -0.05) is 24.3 Å². The number of sulfonamides is 1. The van der Waals surface area contributed by atoms with Crippen LogP contribution in [0.25, 0.3) is 11.3 Å². The molecule has 2 aliphatic rings. The van der Waals surface area contributed by atoms with Gasteiger partial charge in [-0.2, -0.15) is 0 Å². The average molecular weight is 579 g/mol. The summed E-state index contributed by atoms with van der Waals surface area (Å²) in [5.41, 5.74) is 3.07. The maximum atomic E-state index is 13.4. The number of anilines is 2. The molecule has 0 atom stereocenters. The van der Waals surface area contributed by atoms with Gasteiger partial charge in [-0.25, -0.2) is 13.4 Å². The predicted molar refractivity (Wildman–Crippen MR) is 149 cm³/mol. The van der Waals surface area contributed by atoms with Crippen molar-refractivity contribution in [2.24, 2.45) is 0 Å². The number of nitrogens with one attached hydrogen (secondary N) is 1. The van der Waals surface area contributed by atoms with Gasteiger partial charge in [0.15, 0.2) is 21.5 Å². The third-order valence-electron chi connectivity index (χ3n) is 6.68. The summed E-state index contributed by atoms with van der Waals surface area (Å²) >= 11 is 1.35. The van der Waals surface area contributed by atoms with Gasteiger partial charge in [-0.15, -0.1) is 11.3 Å². The minimum absolute atomic E-state index is 0.146. The van der Waals surface area contributed by atoms with Crippen LogP contribution in [0, 0.1) is 17.0 Å². The lowest BCUT2D eigenvalue weighted by molar-refractivity contribution is -0.387. The summed E-state index contributed by atoms with van der Waals surface area (Å²) in [5.74, 6) is 1.05. The van der Waals surface area contributed by atoms with Crippen LogP contribution < -0.4 is 19.1 Å². The van der Waals surface area contributed by atoms with E-state index in [2.05, 4.69) is 10.3 Å². The van der Waals surface area contributed by atoms with Gasteiger partial charge in [0.1, 0.15) is 0 Å². The first-order chi connectivity index (χ1) is 19.2. The van der Waals surface area contributed by atoms with E-state index in [0.29, 0.717) is 34.4 Å². The quantitative estimate of drug-likeness (QED) is 0.246. The number of fused-ring (bicyclic) bond motifs is 2. The van der Waals surface area contributed by atoms with Crippen LogP contribution >= 0.6 is 11.3 Å². The molecule has 0 spiro atoms. The number of benzene rings is 3. The third kappa shape index (κ3) is 4.62. The fourth-order valence-electron chi connectivity index (χ4n) is 4.83. The first-order valence-electron chi connectivity index (χ1n) is 12.3. The van der Waals surface area contributed by atoms with Gasteiger partial charge in [0.25, 0.3) is 15.7 Å². The highest BCUT2D eigenvalue weighted by molar-refractivity contribution is 7.93. The van der Waals surface area contributed by atoms with Crippen molar-refractivity contribution >= 4 is 43.8 Å². The van der Waals surface area contributed by atoms with Crippen LogP contribution in [-0.4, -0.2) is 37.6 Å². The summed E-state index contributed by atoms with van der Waals surface area (Å²) in [4.78, 5) is 28.6. The van der Waals surface area contributed by atoms with Crippen molar-refractivity contribution in [1.82, 2.24) is 4.98 Å².